The lowest BCUT2D eigenvalue weighted by Gasteiger charge is -2.34. The van der Waals surface area contributed by atoms with E-state index in [2.05, 4.69) is 19.2 Å². The summed E-state index contributed by atoms with van der Waals surface area (Å²) in [7, 11) is 0. The Labute approximate surface area is 124 Å². The number of unbranched alkanes of at least 4 members (excludes halogenated alkanes) is 1. The summed E-state index contributed by atoms with van der Waals surface area (Å²) in [6.45, 7) is 8.77. The molecule has 0 bridgehead atoms. The molecule has 0 aliphatic carbocycles. The third kappa shape index (κ3) is 6.33. The van der Waals surface area contributed by atoms with Gasteiger partial charge in [0.05, 0.1) is 0 Å². The first-order chi connectivity index (χ1) is 9.57. The Kier molecular flexibility index (Phi) is 7.53. The average Bonchev–Trinajstić information content (AvgIpc) is 2.47. The molecule has 1 aromatic carbocycles. The fourth-order valence-electron chi connectivity index (χ4n) is 2.56. The number of piperidine rings is 1. The molecule has 112 valence electrons. The summed E-state index contributed by atoms with van der Waals surface area (Å²) >= 11 is 0. The van der Waals surface area contributed by atoms with Gasteiger partial charge in [0.1, 0.15) is 0 Å². The van der Waals surface area contributed by atoms with E-state index < -0.39 is 0 Å². The first-order valence-corrected chi connectivity index (χ1v) is 7.84. The summed E-state index contributed by atoms with van der Waals surface area (Å²) in [4.78, 5) is 10.6. The average molecular weight is 275 g/mol. The van der Waals surface area contributed by atoms with Crippen LogP contribution in [-0.2, 0) is 0 Å². The van der Waals surface area contributed by atoms with E-state index in [0.29, 0.717) is 5.41 Å². The molecule has 2 nitrogen and oxygen atoms in total. The Morgan fingerprint density at radius 3 is 2.25 bits per heavy atom. The Morgan fingerprint density at radius 2 is 1.80 bits per heavy atom. The van der Waals surface area contributed by atoms with Crippen LogP contribution < -0.4 is 5.32 Å². The normalized spacial score (nSPS) is 16.9. The predicted octanol–water partition coefficient (Wildman–Crippen LogP) is 4.46. The van der Waals surface area contributed by atoms with Gasteiger partial charge in [0.15, 0.2) is 5.78 Å². The molecule has 0 saturated carbocycles. The summed E-state index contributed by atoms with van der Waals surface area (Å²) < 4.78 is 0. The summed E-state index contributed by atoms with van der Waals surface area (Å²) in [5, 5.41) is 3.42. The minimum Gasteiger partial charge on any atom is -0.317 e. The second-order valence-electron chi connectivity index (χ2n) is 6.09. The monoisotopic (exact) mass is 275 g/mol. The maximum Gasteiger partial charge on any atom is 0.159 e. The van der Waals surface area contributed by atoms with Crippen LogP contribution in [0, 0.1) is 5.41 Å². The van der Waals surface area contributed by atoms with Gasteiger partial charge in [-0.1, -0.05) is 57.0 Å². The molecule has 0 unspecified atom stereocenters. The molecule has 1 saturated heterocycles. The van der Waals surface area contributed by atoms with Gasteiger partial charge in [-0.25, -0.2) is 0 Å². The van der Waals surface area contributed by atoms with Crippen LogP contribution in [-0.4, -0.2) is 18.9 Å². The van der Waals surface area contributed by atoms with E-state index in [4.69, 9.17) is 0 Å². The van der Waals surface area contributed by atoms with Crippen molar-refractivity contribution in [3.63, 3.8) is 0 Å². The van der Waals surface area contributed by atoms with Gasteiger partial charge in [0, 0.05) is 5.56 Å². The summed E-state index contributed by atoms with van der Waals surface area (Å²) in [5.74, 6) is 0.121. The Morgan fingerprint density at radius 1 is 1.20 bits per heavy atom. The lowest BCUT2D eigenvalue weighted by Crippen LogP contribution is -2.34. The second-order valence-corrected chi connectivity index (χ2v) is 6.09. The lowest BCUT2D eigenvalue weighted by atomic mass is 9.77. The summed E-state index contributed by atoms with van der Waals surface area (Å²) in [5.41, 5.74) is 1.44. The van der Waals surface area contributed by atoms with Crippen molar-refractivity contribution < 1.29 is 4.79 Å². The van der Waals surface area contributed by atoms with Gasteiger partial charge in [0.25, 0.3) is 0 Å². The van der Waals surface area contributed by atoms with Crippen LogP contribution in [0.2, 0.25) is 0 Å². The summed E-state index contributed by atoms with van der Waals surface area (Å²) in [6.07, 6.45) is 6.96. The van der Waals surface area contributed by atoms with Crippen molar-refractivity contribution in [3.8, 4) is 0 Å². The highest BCUT2D eigenvalue weighted by molar-refractivity contribution is 5.93. The van der Waals surface area contributed by atoms with Gasteiger partial charge in [-0.15, -0.1) is 0 Å². The van der Waals surface area contributed by atoms with Crippen molar-refractivity contribution in [2.24, 2.45) is 5.41 Å². The molecule has 0 aromatic heterocycles. The fourth-order valence-corrected chi connectivity index (χ4v) is 2.56. The first kappa shape index (κ1) is 16.9. The first-order valence-electron chi connectivity index (χ1n) is 7.84. The number of benzene rings is 1. The van der Waals surface area contributed by atoms with E-state index in [0.717, 1.165) is 5.56 Å². The van der Waals surface area contributed by atoms with Crippen molar-refractivity contribution in [2.75, 3.05) is 13.1 Å². The molecular weight excluding hydrogens is 246 g/mol. The smallest absolute Gasteiger partial charge is 0.159 e. The van der Waals surface area contributed by atoms with Crippen LogP contribution >= 0.6 is 0 Å². The number of nitrogens with one attached hydrogen (secondary N) is 1. The molecular formula is C18H29NO. The number of carbonyl (C=O) groups is 1. The van der Waals surface area contributed by atoms with Crippen LogP contribution in [0.5, 0.6) is 0 Å². The van der Waals surface area contributed by atoms with E-state index in [1.54, 1.807) is 6.92 Å². The molecule has 0 spiro atoms. The molecule has 1 aliphatic heterocycles. The largest absolute Gasteiger partial charge is 0.317 e. The van der Waals surface area contributed by atoms with Gasteiger partial charge >= 0.3 is 0 Å². The third-order valence-corrected chi connectivity index (χ3v) is 4.12. The SMILES string of the molecule is CC(=O)c1ccccc1.CCCCC1(C)CCNCC1. The zero-order chi connectivity index (χ0) is 14.8. The Hall–Kier alpha value is -1.15. The number of rotatable bonds is 4. The number of ketones is 1. The quantitative estimate of drug-likeness (QED) is 0.822. The highest BCUT2D eigenvalue weighted by atomic mass is 16.1. The molecule has 0 amide bonds. The standard InChI is InChI=1S/C10H21N.C8H8O/c1-3-4-5-10(2)6-8-11-9-7-10;1-7(9)8-5-3-2-4-6-8/h11H,3-9H2,1-2H3;2-6H,1H3. The van der Waals surface area contributed by atoms with Crippen molar-refractivity contribution >= 4 is 5.78 Å². The molecule has 0 atom stereocenters. The number of carbonyl (C=O) groups excluding carboxylic acids is 1. The number of hydrogen-bond donors (Lipinski definition) is 1. The number of Topliss-reactive ketones (excluding diaryl/α,β-unsaturated/α-hetero) is 1. The maximum absolute atomic E-state index is 10.6. The van der Waals surface area contributed by atoms with E-state index in [-0.39, 0.29) is 5.78 Å². The van der Waals surface area contributed by atoms with Crippen molar-refractivity contribution in [2.45, 2.75) is 52.9 Å². The van der Waals surface area contributed by atoms with Crippen molar-refractivity contribution in [1.82, 2.24) is 5.32 Å². The Bertz CT molecular complexity index is 380. The van der Waals surface area contributed by atoms with Gasteiger partial charge in [-0.2, -0.15) is 0 Å². The van der Waals surface area contributed by atoms with Crippen molar-refractivity contribution in [3.05, 3.63) is 35.9 Å². The predicted molar refractivity (Wildman–Crippen MR) is 86.2 cm³/mol. The van der Waals surface area contributed by atoms with Crippen LogP contribution in [0.15, 0.2) is 30.3 Å². The topological polar surface area (TPSA) is 29.1 Å². The lowest BCUT2D eigenvalue weighted by molar-refractivity contribution is 0.101. The molecule has 1 heterocycles. The van der Waals surface area contributed by atoms with Crippen molar-refractivity contribution in [1.29, 1.82) is 0 Å². The minimum absolute atomic E-state index is 0.121. The molecule has 1 aromatic rings. The van der Waals surface area contributed by atoms with Crippen LogP contribution in [0.1, 0.15) is 63.2 Å². The Balaban J connectivity index is 0.000000204. The molecule has 2 rings (SSSR count). The van der Waals surface area contributed by atoms with Crippen LogP contribution in [0.25, 0.3) is 0 Å². The van der Waals surface area contributed by atoms with Crippen LogP contribution in [0.3, 0.4) is 0 Å². The highest BCUT2D eigenvalue weighted by Crippen LogP contribution is 2.33. The third-order valence-electron chi connectivity index (χ3n) is 4.12. The fraction of sp³-hybridized carbons (Fsp3) is 0.611. The van der Waals surface area contributed by atoms with E-state index in [1.165, 1.54) is 45.2 Å². The van der Waals surface area contributed by atoms with Gasteiger partial charge in [0.2, 0.25) is 0 Å². The highest BCUT2D eigenvalue weighted by Gasteiger charge is 2.25. The van der Waals surface area contributed by atoms with E-state index in [9.17, 15) is 4.79 Å². The van der Waals surface area contributed by atoms with E-state index in [1.807, 2.05) is 30.3 Å². The molecule has 0 radical (unpaired) electrons. The van der Waals surface area contributed by atoms with Gasteiger partial charge < -0.3 is 5.32 Å². The zero-order valence-electron chi connectivity index (χ0n) is 13.2. The molecule has 20 heavy (non-hydrogen) atoms. The second kappa shape index (κ2) is 8.91. The molecule has 1 N–H and O–H groups in total. The van der Waals surface area contributed by atoms with Gasteiger partial charge in [-0.3, -0.25) is 4.79 Å². The molecule has 1 aliphatic rings. The molecule has 1 fully saturated rings. The minimum atomic E-state index is 0.121. The van der Waals surface area contributed by atoms with E-state index >= 15 is 0 Å². The van der Waals surface area contributed by atoms with Crippen LogP contribution in [0.4, 0.5) is 0 Å². The molecule has 2 heteroatoms. The number of hydrogen-bond acceptors (Lipinski definition) is 2. The summed E-state index contributed by atoms with van der Waals surface area (Å²) in [6, 6.07) is 9.23. The zero-order valence-corrected chi connectivity index (χ0v) is 13.2. The van der Waals surface area contributed by atoms with Gasteiger partial charge in [-0.05, 0) is 44.7 Å². The maximum atomic E-state index is 10.6.